The van der Waals surface area contributed by atoms with E-state index in [9.17, 15) is 0 Å². The molecule has 1 aromatic rings. The minimum absolute atomic E-state index is 0.528. The van der Waals surface area contributed by atoms with E-state index in [2.05, 4.69) is 17.4 Å². The van der Waals surface area contributed by atoms with Crippen LogP contribution in [0.2, 0.25) is 0 Å². The average Bonchev–Trinajstić information content (AvgIpc) is 2.66. The normalized spacial score (nSPS) is 10.8. The van der Waals surface area contributed by atoms with E-state index in [1.165, 1.54) is 12.8 Å². The number of nitrogens with one attached hydrogen (secondary N) is 1. The van der Waals surface area contributed by atoms with Crippen molar-refractivity contribution in [3.63, 3.8) is 0 Å². The molecule has 0 aliphatic carbocycles. The molecule has 86 valence electrons. The quantitative estimate of drug-likeness (QED) is 0.670. The van der Waals surface area contributed by atoms with E-state index in [-0.39, 0.29) is 0 Å². The number of ether oxygens (including phenoxy) is 1. The standard InChI is InChI=1S/C11H20N2O2/c1-3-4-5-6-14-9-11-7-10(8-12-2)13-15-11/h7,12H,3-6,8-9H2,1-2H3. The van der Waals surface area contributed by atoms with Gasteiger partial charge in [-0.15, -0.1) is 0 Å². The maximum absolute atomic E-state index is 5.46. The molecule has 1 rings (SSSR count). The van der Waals surface area contributed by atoms with Crippen LogP contribution < -0.4 is 5.32 Å². The Hall–Kier alpha value is -0.870. The predicted octanol–water partition coefficient (Wildman–Crippen LogP) is 2.10. The van der Waals surface area contributed by atoms with E-state index in [0.29, 0.717) is 6.61 Å². The Labute approximate surface area is 91.0 Å². The SMILES string of the molecule is CCCCCOCc1cc(CNC)no1. The summed E-state index contributed by atoms with van der Waals surface area (Å²) in [6.07, 6.45) is 3.56. The second-order valence-electron chi connectivity index (χ2n) is 3.57. The highest BCUT2D eigenvalue weighted by atomic mass is 16.5. The van der Waals surface area contributed by atoms with Crippen LogP contribution in [0.5, 0.6) is 0 Å². The monoisotopic (exact) mass is 212 g/mol. The van der Waals surface area contributed by atoms with Gasteiger partial charge in [0.05, 0.1) is 5.69 Å². The van der Waals surface area contributed by atoms with Gasteiger partial charge in [-0.1, -0.05) is 24.9 Å². The highest BCUT2D eigenvalue weighted by Gasteiger charge is 2.02. The zero-order valence-electron chi connectivity index (χ0n) is 9.58. The maximum Gasteiger partial charge on any atom is 0.162 e. The molecule has 0 bridgehead atoms. The highest BCUT2D eigenvalue weighted by Crippen LogP contribution is 2.05. The van der Waals surface area contributed by atoms with E-state index >= 15 is 0 Å². The molecular formula is C11H20N2O2. The average molecular weight is 212 g/mol. The van der Waals surface area contributed by atoms with E-state index in [1.54, 1.807) is 0 Å². The van der Waals surface area contributed by atoms with Crippen LogP contribution in [0.15, 0.2) is 10.6 Å². The molecule has 0 aromatic carbocycles. The minimum Gasteiger partial charge on any atom is -0.373 e. The summed E-state index contributed by atoms with van der Waals surface area (Å²) in [4.78, 5) is 0. The number of hydrogen-bond donors (Lipinski definition) is 1. The van der Waals surface area contributed by atoms with Crippen molar-refractivity contribution in [2.24, 2.45) is 0 Å². The van der Waals surface area contributed by atoms with Crippen molar-refractivity contribution in [1.29, 1.82) is 0 Å². The Bertz CT molecular complexity index is 261. The van der Waals surface area contributed by atoms with Crippen molar-refractivity contribution in [1.82, 2.24) is 10.5 Å². The van der Waals surface area contributed by atoms with Gasteiger partial charge in [0.25, 0.3) is 0 Å². The first-order chi connectivity index (χ1) is 7.36. The van der Waals surface area contributed by atoms with Gasteiger partial charge >= 0.3 is 0 Å². The second-order valence-corrected chi connectivity index (χ2v) is 3.57. The molecule has 1 N–H and O–H groups in total. The minimum atomic E-state index is 0.528. The molecule has 0 fully saturated rings. The summed E-state index contributed by atoms with van der Waals surface area (Å²) in [6.45, 7) is 4.25. The summed E-state index contributed by atoms with van der Waals surface area (Å²) in [6, 6.07) is 1.93. The van der Waals surface area contributed by atoms with Crippen molar-refractivity contribution in [3.8, 4) is 0 Å². The lowest BCUT2D eigenvalue weighted by Gasteiger charge is -1.99. The molecule has 0 spiro atoms. The Morgan fingerprint density at radius 3 is 3.07 bits per heavy atom. The smallest absolute Gasteiger partial charge is 0.162 e. The summed E-state index contributed by atoms with van der Waals surface area (Å²) in [5, 5.41) is 6.92. The fourth-order valence-corrected chi connectivity index (χ4v) is 1.32. The molecule has 0 unspecified atom stereocenters. The van der Waals surface area contributed by atoms with Crippen molar-refractivity contribution < 1.29 is 9.26 Å². The molecule has 0 aliphatic heterocycles. The van der Waals surface area contributed by atoms with Crippen LogP contribution in [0, 0.1) is 0 Å². The first-order valence-electron chi connectivity index (χ1n) is 5.53. The lowest BCUT2D eigenvalue weighted by atomic mass is 10.3. The third kappa shape index (κ3) is 4.95. The number of nitrogens with zero attached hydrogens (tertiary/aromatic N) is 1. The van der Waals surface area contributed by atoms with Gasteiger partial charge in [-0.25, -0.2) is 0 Å². The molecular weight excluding hydrogens is 192 g/mol. The fraction of sp³-hybridized carbons (Fsp3) is 0.727. The Balaban J connectivity index is 2.14. The second kappa shape index (κ2) is 7.43. The van der Waals surface area contributed by atoms with Crippen LogP contribution in [0.3, 0.4) is 0 Å². The summed E-state index contributed by atoms with van der Waals surface area (Å²) >= 11 is 0. The molecule has 1 heterocycles. The largest absolute Gasteiger partial charge is 0.373 e. The van der Waals surface area contributed by atoms with Crippen molar-refractivity contribution in [2.75, 3.05) is 13.7 Å². The number of aromatic nitrogens is 1. The highest BCUT2D eigenvalue weighted by molar-refractivity contribution is 5.03. The summed E-state index contributed by atoms with van der Waals surface area (Å²) < 4.78 is 10.6. The molecule has 0 amide bonds. The first-order valence-corrected chi connectivity index (χ1v) is 5.53. The van der Waals surface area contributed by atoms with Crippen LogP contribution in [0.4, 0.5) is 0 Å². The Morgan fingerprint density at radius 2 is 2.33 bits per heavy atom. The van der Waals surface area contributed by atoms with Crippen LogP contribution in [-0.2, 0) is 17.9 Å². The molecule has 0 saturated heterocycles. The van der Waals surface area contributed by atoms with Crippen LogP contribution in [0.1, 0.15) is 37.6 Å². The molecule has 0 aliphatic rings. The van der Waals surface area contributed by atoms with Crippen LogP contribution in [-0.4, -0.2) is 18.8 Å². The van der Waals surface area contributed by atoms with E-state index in [0.717, 1.165) is 31.0 Å². The van der Waals surface area contributed by atoms with Gasteiger partial charge in [-0.3, -0.25) is 0 Å². The van der Waals surface area contributed by atoms with Gasteiger partial charge in [0.1, 0.15) is 6.61 Å². The van der Waals surface area contributed by atoms with E-state index in [4.69, 9.17) is 9.26 Å². The van der Waals surface area contributed by atoms with Crippen molar-refractivity contribution in [3.05, 3.63) is 17.5 Å². The zero-order valence-corrected chi connectivity index (χ0v) is 9.58. The van der Waals surface area contributed by atoms with Gasteiger partial charge in [0.15, 0.2) is 5.76 Å². The third-order valence-corrected chi connectivity index (χ3v) is 2.10. The number of rotatable bonds is 8. The third-order valence-electron chi connectivity index (χ3n) is 2.10. The molecule has 1 aromatic heterocycles. The van der Waals surface area contributed by atoms with E-state index < -0.39 is 0 Å². The topological polar surface area (TPSA) is 47.3 Å². The Kier molecular flexibility index (Phi) is 6.04. The molecule has 4 heteroatoms. The zero-order chi connectivity index (χ0) is 10.9. The predicted molar refractivity (Wildman–Crippen MR) is 58.4 cm³/mol. The Morgan fingerprint density at radius 1 is 1.47 bits per heavy atom. The van der Waals surface area contributed by atoms with Gasteiger partial charge < -0.3 is 14.6 Å². The van der Waals surface area contributed by atoms with Gasteiger partial charge in [0, 0.05) is 19.2 Å². The molecule has 0 radical (unpaired) electrons. The maximum atomic E-state index is 5.46. The van der Waals surface area contributed by atoms with Crippen molar-refractivity contribution >= 4 is 0 Å². The van der Waals surface area contributed by atoms with Crippen molar-refractivity contribution in [2.45, 2.75) is 39.3 Å². The first kappa shape index (κ1) is 12.2. The van der Waals surface area contributed by atoms with E-state index in [1.807, 2.05) is 13.1 Å². The van der Waals surface area contributed by atoms with Gasteiger partial charge in [0.2, 0.25) is 0 Å². The lowest BCUT2D eigenvalue weighted by Crippen LogP contribution is -2.04. The number of hydrogen-bond acceptors (Lipinski definition) is 4. The van der Waals surface area contributed by atoms with Gasteiger partial charge in [-0.2, -0.15) is 0 Å². The summed E-state index contributed by atoms with van der Waals surface area (Å²) in [5.74, 6) is 0.803. The molecule has 4 nitrogen and oxygen atoms in total. The summed E-state index contributed by atoms with van der Waals surface area (Å²) in [5.41, 5.74) is 0.921. The van der Waals surface area contributed by atoms with Gasteiger partial charge in [-0.05, 0) is 13.5 Å². The summed E-state index contributed by atoms with van der Waals surface area (Å²) in [7, 11) is 1.88. The molecule has 0 saturated carbocycles. The van der Waals surface area contributed by atoms with Crippen LogP contribution >= 0.6 is 0 Å². The fourth-order valence-electron chi connectivity index (χ4n) is 1.32. The lowest BCUT2D eigenvalue weighted by molar-refractivity contribution is 0.0978. The molecule has 0 atom stereocenters. The molecule has 15 heavy (non-hydrogen) atoms. The number of unbranched alkanes of at least 4 members (excludes halogenated alkanes) is 2. The van der Waals surface area contributed by atoms with Crippen LogP contribution in [0.25, 0.3) is 0 Å².